The number of hydrogen-bond donors (Lipinski definition) is 0. The first-order valence-electron chi connectivity index (χ1n) is 11.2. The molecule has 0 atom stereocenters. The normalized spacial score (nSPS) is 13.6. The summed E-state index contributed by atoms with van der Waals surface area (Å²) in [4.78, 5) is 0. The smallest absolute Gasteiger partial charge is 0.127 e. The van der Waals surface area contributed by atoms with Crippen molar-refractivity contribution in [3.8, 4) is 11.5 Å². The third-order valence-corrected chi connectivity index (χ3v) is 5.74. The minimum atomic E-state index is 0.677. The van der Waals surface area contributed by atoms with E-state index in [1.54, 1.807) is 0 Å². The predicted octanol–water partition coefficient (Wildman–Crippen LogP) is 7.25. The maximum absolute atomic E-state index is 6.30. The van der Waals surface area contributed by atoms with E-state index in [-0.39, 0.29) is 0 Å². The van der Waals surface area contributed by atoms with Crippen LogP contribution in [0.3, 0.4) is 0 Å². The highest BCUT2D eigenvalue weighted by molar-refractivity contribution is 6.06. The summed E-state index contributed by atoms with van der Waals surface area (Å²) in [6.45, 7) is 1.35. The van der Waals surface area contributed by atoms with Crippen molar-refractivity contribution in [2.45, 2.75) is 12.8 Å². The number of ether oxygens (including phenoxy) is 2. The van der Waals surface area contributed by atoms with Crippen molar-refractivity contribution in [3.63, 3.8) is 0 Å². The molecule has 0 radical (unpaired) electrons. The second-order valence-electron chi connectivity index (χ2n) is 7.88. The lowest BCUT2D eigenvalue weighted by atomic mass is 9.85. The molecule has 0 saturated heterocycles. The monoisotopic (exact) mass is 418 g/mol. The van der Waals surface area contributed by atoms with Gasteiger partial charge in [-0.25, -0.2) is 0 Å². The summed E-state index contributed by atoms with van der Waals surface area (Å²) in [6.07, 6.45) is 1.92. The van der Waals surface area contributed by atoms with Gasteiger partial charge in [-0.3, -0.25) is 0 Å². The minimum absolute atomic E-state index is 0.677. The Kier molecular flexibility index (Phi) is 6.02. The largest absolute Gasteiger partial charge is 0.493 e. The third-order valence-electron chi connectivity index (χ3n) is 5.74. The SMILES string of the molecule is c1ccc(C(=C2c3ccccc3OCCCCOc3ccccc32)c2ccccc2)cc1. The van der Waals surface area contributed by atoms with Crippen molar-refractivity contribution < 1.29 is 9.47 Å². The van der Waals surface area contributed by atoms with Gasteiger partial charge in [0.15, 0.2) is 0 Å². The van der Waals surface area contributed by atoms with E-state index in [4.69, 9.17) is 9.47 Å². The molecular weight excluding hydrogens is 392 g/mol. The lowest BCUT2D eigenvalue weighted by Gasteiger charge is -2.21. The molecule has 1 aliphatic rings. The molecule has 0 aliphatic carbocycles. The van der Waals surface area contributed by atoms with Gasteiger partial charge in [0.05, 0.1) is 13.2 Å². The number of hydrogen-bond acceptors (Lipinski definition) is 2. The first kappa shape index (κ1) is 20.1. The van der Waals surface area contributed by atoms with E-state index < -0.39 is 0 Å². The third kappa shape index (κ3) is 4.17. The Morgan fingerprint density at radius 3 is 1.34 bits per heavy atom. The number of rotatable bonds is 2. The summed E-state index contributed by atoms with van der Waals surface area (Å²) in [5.41, 5.74) is 6.76. The van der Waals surface area contributed by atoms with Gasteiger partial charge in [-0.05, 0) is 41.7 Å². The maximum Gasteiger partial charge on any atom is 0.127 e. The average molecular weight is 419 g/mol. The van der Waals surface area contributed by atoms with E-state index in [9.17, 15) is 0 Å². The van der Waals surface area contributed by atoms with Gasteiger partial charge in [0.25, 0.3) is 0 Å². The van der Waals surface area contributed by atoms with Crippen LogP contribution in [-0.2, 0) is 0 Å². The van der Waals surface area contributed by atoms with Crippen LogP contribution in [0.15, 0.2) is 109 Å². The molecule has 0 saturated carbocycles. The maximum atomic E-state index is 6.30. The fraction of sp³-hybridized carbons (Fsp3) is 0.133. The standard InChI is InChI=1S/C30H26O2/c1-3-13-23(14-4-1)29(24-15-5-2-6-16-24)30-25-17-7-9-19-27(25)31-21-11-12-22-32-28-20-10-8-18-26(28)30/h1-10,13-20H,11-12,21-22H2. The molecule has 1 heterocycles. The van der Waals surface area contributed by atoms with Gasteiger partial charge in [-0.15, -0.1) is 0 Å². The van der Waals surface area contributed by atoms with E-state index in [1.165, 1.54) is 0 Å². The lowest BCUT2D eigenvalue weighted by molar-refractivity contribution is 0.267. The van der Waals surface area contributed by atoms with Crippen LogP contribution in [0.2, 0.25) is 0 Å². The Hall–Kier alpha value is -3.78. The Morgan fingerprint density at radius 1 is 0.469 bits per heavy atom. The van der Waals surface area contributed by atoms with Crippen molar-refractivity contribution in [3.05, 3.63) is 131 Å². The topological polar surface area (TPSA) is 18.5 Å². The lowest BCUT2D eigenvalue weighted by Crippen LogP contribution is -2.02. The Bertz CT molecular complexity index is 1110. The van der Waals surface area contributed by atoms with Crippen molar-refractivity contribution in [1.82, 2.24) is 0 Å². The van der Waals surface area contributed by atoms with Crippen LogP contribution < -0.4 is 9.47 Å². The molecule has 0 N–H and O–H groups in total. The molecule has 4 aromatic rings. The summed E-state index contributed by atoms with van der Waals surface area (Å²) < 4.78 is 12.6. The number of benzene rings is 4. The van der Waals surface area contributed by atoms with Crippen molar-refractivity contribution in [2.24, 2.45) is 0 Å². The molecular formula is C30H26O2. The fourth-order valence-electron chi connectivity index (χ4n) is 4.25. The summed E-state index contributed by atoms with van der Waals surface area (Å²) in [6, 6.07) is 37.9. The molecule has 0 fully saturated rings. The zero-order chi connectivity index (χ0) is 21.6. The summed E-state index contributed by atoms with van der Waals surface area (Å²) in [5, 5.41) is 0. The van der Waals surface area contributed by atoms with Gasteiger partial charge in [0.1, 0.15) is 11.5 Å². The van der Waals surface area contributed by atoms with Crippen LogP contribution in [-0.4, -0.2) is 13.2 Å². The molecule has 5 rings (SSSR count). The van der Waals surface area contributed by atoms with Crippen molar-refractivity contribution in [1.29, 1.82) is 0 Å². The highest BCUT2D eigenvalue weighted by atomic mass is 16.5. The van der Waals surface area contributed by atoms with Gasteiger partial charge < -0.3 is 9.47 Å². The molecule has 2 nitrogen and oxygen atoms in total. The molecule has 2 heteroatoms. The molecule has 1 aliphatic heterocycles. The highest BCUT2D eigenvalue weighted by Crippen LogP contribution is 2.43. The molecule has 158 valence electrons. The minimum Gasteiger partial charge on any atom is -0.493 e. The van der Waals surface area contributed by atoms with E-state index in [1.807, 2.05) is 12.1 Å². The number of fused-ring (bicyclic) bond motifs is 2. The molecule has 0 unspecified atom stereocenters. The van der Waals surface area contributed by atoms with Crippen molar-refractivity contribution in [2.75, 3.05) is 13.2 Å². The fourth-order valence-corrected chi connectivity index (χ4v) is 4.25. The predicted molar refractivity (Wildman–Crippen MR) is 131 cm³/mol. The zero-order valence-corrected chi connectivity index (χ0v) is 18.0. The Morgan fingerprint density at radius 2 is 0.875 bits per heavy atom. The Balaban J connectivity index is 1.90. The van der Waals surface area contributed by atoms with Crippen molar-refractivity contribution >= 4 is 11.1 Å². The summed E-state index contributed by atoms with van der Waals surface area (Å²) in [5.74, 6) is 1.81. The van der Waals surface area contributed by atoms with Gasteiger partial charge >= 0.3 is 0 Å². The molecule has 0 amide bonds. The van der Waals surface area contributed by atoms with Gasteiger partial charge in [0, 0.05) is 16.7 Å². The van der Waals surface area contributed by atoms with E-state index >= 15 is 0 Å². The second kappa shape index (κ2) is 9.57. The highest BCUT2D eigenvalue weighted by Gasteiger charge is 2.22. The van der Waals surface area contributed by atoms with Gasteiger partial charge in [-0.1, -0.05) is 97.1 Å². The first-order chi connectivity index (χ1) is 15.9. The molecule has 0 bridgehead atoms. The van der Waals surface area contributed by atoms with E-state index in [0.717, 1.165) is 57.7 Å². The van der Waals surface area contributed by atoms with Crippen LogP contribution in [0.1, 0.15) is 35.1 Å². The average Bonchev–Trinajstić information content (AvgIpc) is 2.89. The summed E-state index contributed by atoms with van der Waals surface area (Å²) in [7, 11) is 0. The molecule has 4 aromatic carbocycles. The van der Waals surface area contributed by atoms with E-state index in [0.29, 0.717) is 13.2 Å². The number of para-hydroxylation sites is 2. The van der Waals surface area contributed by atoms with Crippen LogP contribution in [0.4, 0.5) is 0 Å². The van der Waals surface area contributed by atoms with Crippen LogP contribution >= 0.6 is 0 Å². The van der Waals surface area contributed by atoms with Crippen LogP contribution in [0, 0.1) is 0 Å². The second-order valence-corrected chi connectivity index (χ2v) is 7.88. The van der Waals surface area contributed by atoms with Gasteiger partial charge in [0.2, 0.25) is 0 Å². The van der Waals surface area contributed by atoms with Crippen LogP contribution in [0.25, 0.3) is 11.1 Å². The molecule has 32 heavy (non-hydrogen) atoms. The quantitative estimate of drug-likeness (QED) is 0.341. The molecule has 0 aromatic heterocycles. The zero-order valence-electron chi connectivity index (χ0n) is 18.0. The Labute approximate surface area is 189 Å². The summed E-state index contributed by atoms with van der Waals surface area (Å²) >= 11 is 0. The van der Waals surface area contributed by atoms with Crippen LogP contribution in [0.5, 0.6) is 11.5 Å². The van der Waals surface area contributed by atoms with Gasteiger partial charge in [-0.2, -0.15) is 0 Å². The molecule has 0 spiro atoms. The van der Waals surface area contributed by atoms with E-state index in [2.05, 4.69) is 97.1 Å². The first-order valence-corrected chi connectivity index (χ1v) is 11.2.